The highest BCUT2D eigenvalue weighted by atomic mass is 127. The van der Waals surface area contributed by atoms with Gasteiger partial charge in [0, 0.05) is 15.9 Å². The number of hydrogen-bond donors (Lipinski definition) is 2. The van der Waals surface area contributed by atoms with Gasteiger partial charge < -0.3 is 10.4 Å². The van der Waals surface area contributed by atoms with Crippen LogP contribution in [0.2, 0.25) is 0 Å². The first-order valence-corrected chi connectivity index (χ1v) is 7.17. The van der Waals surface area contributed by atoms with Crippen LogP contribution in [0.15, 0.2) is 24.3 Å². The molecule has 2 N–H and O–H groups in total. The lowest BCUT2D eigenvalue weighted by atomic mass is 10.2. The van der Waals surface area contributed by atoms with E-state index in [9.17, 15) is 9.59 Å². The van der Waals surface area contributed by atoms with Crippen LogP contribution in [-0.2, 0) is 4.79 Å². The zero-order valence-electron chi connectivity index (χ0n) is 8.98. The largest absolute Gasteiger partial charge is 0.481 e. The van der Waals surface area contributed by atoms with Gasteiger partial charge in [-0.25, -0.2) is 0 Å². The lowest BCUT2D eigenvalue weighted by Gasteiger charge is -2.05. The second-order valence-electron chi connectivity index (χ2n) is 3.18. The predicted octanol–water partition coefficient (Wildman–Crippen LogP) is 1.84. The van der Waals surface area contributed by atoms with Gasteiger partial charge in [-0.3, -0.25) is 9.59 Å². The molecule has 0 spiro atoms. The number of carbonyl (C=O) groups excluding carboxylic acids is 1. The number of hydrogen-bond acceptors (Lipinski definition) is 3. The van der Waals surface area contributed by atoms with Crippen LogP contribution < -0.4 is 5.32 Å². The lowest BCUT2D eigenvalue weighted by Crippen LogP contribution is -2.26. The van der Waals surface area contributed by atoms with Gasteiger partial charge in [-0.05, 0) is 34.7 Å². The van der Waals surface area contributed by atoms with Crippen molar-refractivity contribution in [1.82, 2.24) is 5.32 Å². The summed E-state index contributed by atoms with van der Waals surface area (Å²) < 4.78 is 0.904. The first-order chi connectivity index (χ1) is 8.11. The standard InChI is InChI=1S/C11H12INO3S/c12-9-4-2-1-3-8(9)11(16)13-5-6-17-7-10(14)15/h1-4H,5-7H2,(H,13,16)(H,14,15). The van der Waals surface area contributed by atoms with E-state index in [4.69, 9.17) is 5.11 Å². The van der Waals surface area contributed by atoms with Gasteiger partial charge in [0.25, 0.3) is 5.91 Å². The maximum Gasteiger partial charge on any atom is 0.313 e. The third-order valence-corrected chi connectivity index (χ3v) is 3.76. The topological polar surface area (TPSA) is 66.4 Å². The number of thioether (sulfide) groups is 1. The molecule has 17 heavy (non-hydrogen) atoms. The molecule has 92 valence electrons. The molecule has 0 unspecified atom stereocenters. The summed E-state index contributed by atoms with van der Waals surface area (Å²) in [5.41, 5.74) is 0.649. The van der Waals surface area contributed by atoms with Crippen LogP contribution in [0.25, 0.3) is 0 Å². The third-order valence-electron chi connectivity index (χ3n) is 1.88. The number of carboxylic acid groups (broad SMARTS) is 1. The lowest BCUT2D eigenvalue weighted by molar-refractivity contribution is -0.133. The molecule has 4 nitrogen and oxygen atoms in total. The van der Waals surface area contributed by atoms with Gasteiger partial charge in [0.1, 0.15) is 0 Å². The molecule has 0 saturated heterocycles. The number of rotatable bonds is 6. The van der Waals surface area contributed by atoms with E-state index in [2.05, 4.69) is 27.9 Å². The van der Waals surface area contributed by atoms with Crippen molar-refractivity contribution >= 4 is 46.2 Å². The Morgan fingerprint density at radius 2 is 2.06 bits per heavy atom. The van der Waals surface area contributed by atoms with E-state index in [1.807, 2.05) is 18.2 Å². The minimum atomic E-state index is -0.834. The smallest absolute Gasteiger partial charge is 0.313 e. The Bertz CT molecular complexity index is 411. The zero-order chi connectivity index (χ0) is 12.7. The summed E-state index contributed by atoms with van der Waals surface area (Å²) in [7, 11) is 0. The maximum atomic E-state index is 11.7. The summed E-state index contributed by atoms with van der Waals surface area (Å²) in [6.45, 7) is 0.474. The first-order valence-electron chi connectivity index (χ1n) is 4.93. The monoisotopic (exact) mass is 365 g/mol. The first kappa shape index (κ1) is 14.3. The molecule has 1 amide bonds. The normalized spacial score (nSPS) is 9.94. The van der Waals surface area contributed by atoms with Crippen molar-refractivity contribution in [2.75, 3.05) is 18.1 Å². The minimum Gasteiger partial charge on any atom is -0.481 e. The van der Waals surface area contributed by atoms with Crippen molar-refractivity contribution in [2.45, 2.75) is 0 Å². The van der Waals surface area contributed by atoms with Crippen molar-refractivity contribution in [3.63, 3.8) is 0 Å². The highest BCUT2D eigenvalue weighted by molar-refractivity contribution is 14.1. The molecule has 0 atom stereocenters. The Balaban J connectivity index is 2.31. The van der Waals surface area contributed by atoms with Gasteiger partial charge >= 0.3 is 5.97 Å². The summed E-state index contributed by atoms with van der Waals surface area (Å²) in [5.74, 6) is -0.287. The maximum absolute atomic E-state index is 11.7. The second-order valence-corrected chi connectivity index (χ2v) is 5.45. The number of carbonyl (C=O) groups is 2. The van der Waals surface area contributed by atoms with Crippen LogP contribution in [0.5, 0.6) is 0 Å². The Morgan fingerprint density at radius 3 is 2.71 bits per heavy atom. The molecule has 1 aromatic rings. The highest BCUT2D eigenvalue weighted by Crippen LogP contribution is 2.10. The number of halogens is 1. The summed E-state index contributed by atoms with van der Waals surface area (Å²) in [5, 5.41) is 11.2. The quantitative estimate of drug-likeness (QED) is 0.597. The second kappa shape index (κ2) is 7.54. The van der Waals surface area contributed by atoms with Crippen molar-refractivity contribution in [1.29, 1.82) is 0 Å². The average Bonchev–Trinajstić information content (AvgIpc) is 2.28. The number of nitrogens with one attached hydrogen (secondary N) is 1. The van der Waals surface area contributed by atoms with Gasteiger partial charge in [-0.1, -0.05) is 12.1 Å². The van der Waals surface area contributed by atoms with Crippen LogP contribution in [0.4, 0.5) is 0 Å². The van der Waals surface area contributed by atoms with E-state index < -0.39 is 5.97 Å². The number of aliphatic carboxylic acids is 1. The highest BCUT2D eigenvalue weighted by Gasteiger charge is 2.07. The van der Waals surface area contributed by atoms with E-state index >= 15 is 0 Å². The van der Waals surface area contributed by atoms with E-state index in [1.165, 1.54) is 11.8 Å². The number of carboxylic acids is 1. The molecule has 0 fully saturated rings. The molecular formula is C11H12INO3S. The minimum absolute atomic E-state index is 0.0682. The third kappa shape index (κ3) is 5.40. The van der Waals surface area contributed by atoms with Crippen molar-refractivity contribution in [3.8, 4) is 0 Å². The van der Waals surface area contributed by atoms with Gasteiger partial charge in [0.2, 0.25) is 0 Å². The average molecular weight is 365 g/mol. The molecule has 0 aliphatic carbocycles. The van der Waals surface area contributed by atoms with Gasteiger partial charge in [-0.2, -0.15) is 0 Å². The molecule has 0 aliphatic rings. The van der Waals surface area contributed by atoms with Crippen LogP contribution in [0.1, 0.15) is 10.4 Å². The molecule has 0 saturated carbocycles. The van der Waals surface area contributed by atoms with Crippen LogP contribution >= 0.6 is 34.4 Å². The summed E-state index contributed by atoms with van der Waals surface area (Å²) >= 11 is 3.40. The fourth-order valence-electron chi connectivity index (χ4n) is 1.14. The Morgan fingerprint density at radius 1 is 1.35 bits per heavy atom. The fourth-order valence-corrected chi connectivity index (χ4v) is 2.33. The Labute approximate surface area is 117 Å². The molecule has 0 aliphatic heterocycles. The van der Waals surface area contributed by atoms with Crippen molar-refractivity contribution in [3.05, 3.63) is 33.4 Å². The van der Waals surface area contributed by atoms with Crippen LogP contribution in [0.3, 0.4) is 0 Å². The van der Waals surface area contributed by atoms with E-state index in [0.29, 0.717) is 17.9 Å². The predicted molar refractivity (Wildman–Crippen MR) is 76.5 cm³/mol. The summed E-state index contributed by atoms with van der Waals surface area (Å²) in [6, 6.07) is 7.33. The van der Waals surface area contributed by atoms with Gasteiger partial charge in [-0.15, -0.1) is 11.8 Å². The summed E-state index contributed by atoms with van der Waals surface area (Å²) in [4.78, 5) is 22.0. The van der Waals surface area contributed by atoms with E-state index in [0.717, 1.165) is 3.57 Å². The fraction of sp³-hybridized carbons (Fsp3) is 0.273. The number of benzene rings is 1. The number of amides is 1. The van der Waals surface area contributed by atoms with Crippen LogP contribution in [-0.4, -0.2) is 35.0 Å². The van der Waals surface area contributed by atoms with Gasteiger partial charge in [0.15, 0.2) is 0 Å². The van der Waals surface area contributed by atoms with Crippen molar-refractivity contribution < 1.29 is 14.7 Å². The molecule has 0 radical (unpaired) electrons. The molecule has 0 heterocycles. The molecule has 1 aromatic carbocycles. The molecule has 0 aromatic heterocycles. The van der Waals surface area contributed by atoms with Crippen molar-refractivity contribution in [2.24, 2.45) is 0 Å². The van der Waals surface area contributed by atoms with Crippen LogP contribution in [0, 0.1) is 3.57 Å². The van der Waals surface area contributed by atoms with E-state index in [-0.39, 0.29) is 11.7 Å². The molecule has 0 bridgehead atoms. The molecule has 1 rings (SSSR count). The molecule has 6 heteroatoms. The summed E-state index contributed by atoms with van der Waals surface area (Å²) in [6.07, 6.45) is 0. The Hall–Kier alpha value is -0.760. The van der Waals surface area contributed by atoms with Gasteiger partial charge in [0.05, 0.1) is 11.3 Å². The molecular weight excluding hydrogens is 353 g/mol. The zero-order valence-corrected chi connectivity index (χ0v) is 12.0. The van der Waals surface area contributed by atoms with E-state index in [1.54, 1.807) is 6.07 Å². The Kier molecular flexibility index (Phi) is 6.35. The SMILES string of the molecule is O=C(O)CSCCNC(=O)c1ccccc1I.